The van der Waals surface area contributed by atoms with Crippen molar-refractivity contribution in [3.05, 3.63) is 96.6 Å². The van der Waals surface area contributed by atoms with Crippen molar-refractivity contribution in [3.8, 4) is 11.5 Å². The highest BCUT2D eigenvalue weighted by molar-refractivity contribution is 7.97. The number of benzene rings is 2. The number of para-hydroxylation sites is 1. The Morgan fingerprint density at radius 1 is 1.20 bits per heavy atom. The number of aryl methyl sites for hydroxylation is 1. The molecule has 6 nitrogen and oxygen atoms in total. The average molecular weight is 556 g/mol. The topological polar surface area (TPSA) is 74.7 Å². The van der Waals surface area contributed by atoms with Gasteiger partial charge in [0.1, 0.15) is 11.5 Å². The van der Waals surface area contributed by atoms with Gasteiger partial charge in [0.2, 0.25) is 5.91 Å². The maximum atomic E-state index is 13.4. The van der Waals surface area contributed by atoms with E-state index in [1.165, 1.54) is 0 Å². The molecule has 2 aliphatic rings. The molecule has 2 N–H and O–H groups in total. The number of phenols is 1. The number of fused-ring (bicyclic) bond motifs is 1. The summed E-state index contributed by atoms with van der Waals surface area (Å²) >= 11 is 1.55. The number of ether oxygens (including phenoxy) is 1. The maximum Gasteiger partial charge on any atom is 0.229 e. The van der Waals surface area contributed by atoms with Crippen molar-refractivity contribution in [1.29, 1.82) is 0 Å². The highest BCUT2D eigenvalue weighted by Gasteiger charge is 2.26. The van der Waals surface area contributed by atoms with Crippen molar-refractivity contribution < 1.29 is 14.6 Å². The summed E-state index contributed by atoms with van der Waals surface area (Å²) in [7, 11) is 0. The van der Waals surface area contributed by atoms with Crippen molar-refractivity contribution in [3.63, 3.8) is 0 Å². The quantitative estimate of drug-likeness (QED) is 0.215. The van der Waals surface area contributed by atoms with E-state index in [0.717, 1.165) is 72.3 Å². The van der Waals surface area contributed by atoms with Crippen LogP contribution in [0.5, 0.6) is 11.5 Å². The SMILES string of the molecule is C=C(C)Oc1cc(O)cc(CCC2CCCN(C(=O)C3C=CC(NSc4cccc5cccnc45)=CC3)CC2)c1. The Balaban J connectivity index is 1.09. The Morgan fingerprint density at radius 3 is 2.90 bits per heavy atom. The summed E-state index contributed by atoms with van der Waals surface area (Å²) in [4.78, 5) is 21.0. The molecule has 5 rings (SSSR count). The van der Waals surface area contributed by atoms with Gasteiger partial charge in [0.05, 0.1) is 22.1 Å². The summed E-state index contributed by atoms with van der Waals surface area (Å²) in [5, 5.41) is 11.2. The van der Waals surface area contributed by atoms with Crippen molar-refractivity contribution in [2.45, 2.75) is 50.3 Å². The molecule has 1 aliphatic carbocycles. The third kappa shape index (κ3) is 7.27. The summed E-state index contributed by atoms with van der Waals surface area (Å²) < 4.78 is 9.01. The van der Waals surface area contributed by atoms with Gasteiger partial charge >= 0.3 is 0 Å². The summed E-state index contributed by atoms with van der Waals surface area (Å²) in [6.07, 6.45) is 13.8. The molecule has 1 aliphatic heterocycles. The number of hydrogen-bond acceptors (Lipinski definition) is 6. The highest BCUT2D eigenvalue weighted by Crippen LogP contribution is 2.29. The fourth-order valence-electron chi connectivity index (χ4n) is 5.48. The Hall–Kier alpha value is -3.71. The Morgan fingerprint density at radius 2 is 2.08 bits per heavy atom. The number of carbonyl (C=O) groups is 1. The minimum atomic E-state index is -0.106. The monoisotopic (exact) mass is 555 g/mol. The highest BCUT2D eigenvalue weighted by atomic mass is 32.2. The minimum Gasteiger partial charge on any atom is -0.508 e. The molecule has 0 bridgehead atoms. The van der Waals surface area contributed by atoms with Crippen LogP contribution in [0.25, 0.3) is 10.9 Å². The predicted molar refractivity (Wildman–Crippen MR) is 162 cm³/mol. The third-order valence-corrected chi connectivity index (χ3v) is 8.42. The number of pyridine rings is 1. The number of aromatic nitrogens is 1. The molecular formula is C33H37N3O3S. The van der Waals surface area contributed by atoms with Crippen LogP contribution in [-0.2, 0) is 11.2 Å². The normalized spacial score (nSPS) is 19.1. The van der Waals surface area contributed by atoms with E-state index in [0.29, 0.717) is 23.8 Å². The summed E-state index contributed by atoms with van der Waals surface area (Å²) in [5.41, 5.74) is 3.06. The standard InChI is InChI=1S/C33H37N3O3S/c1-23(2)39-30-21-25(20-29(37)22-30)11-10-24-6-5-18-36(19-16-24)33(38)27-12-14-28(15-13-27)35-40-31-9-3-7-26-8-4-17-34-32(26)31/h3-4,7-9,12,14-15,17,20-22,24,27,35,37H,1,5-6,10-11,13,16,18-19H2,2H3. The maximum absolute atomic E-state index is 13.4. The first-order valence-corrected chi connectivity index (χ1v) is 14.9. The molecule has 208 valence electrons. The van der Waals surface area contributed by atoms with Gasteiger partial charge < -0.3 is 19.5 Å². The second kappa shape index (κ2) is 13.1. The van der Waals surface area contributed by atoms with Gasteiger partial charge in [-0.05, 0) is 99.2 Å². The van der Waals surface area contributed by atoms with Crippen LogP contribution in [0.2, 0.25) is 0 Å². The van der Waals surface area contributed by atoms with Crippen molar-refractivity contribution in [2.24, 2.45) is 11.8 Å². The molecule has 40 heavy (non-hydrogen) atoms. The van der Waals surface area contributed by atoms with Gasteiger partial charge in [0, 0.05) is 36.4 Å². The molecule has 3 aromatic rings. The first-order chi connectivity index (χ1) is 19.4. The Bertz CT molecular complexity index is 1430. The van der Waals surface area contributed by atoms with Crippen LogP contribution in [-0.4, -0.2) is 34.0 Å². The van der Waals surface area contributed by atoms with Crippen LogP contribution in [0.1, 0.15) is 44.6 Å². The molecule has 1 amide bonds. The number of likely N-dealkylation sites (tertiary alicyclic amines) is 1. The fraction of sp³-hybridized carbons (Fsp3) is 0.333. The number of carbonyl (C=O) groups excluding carboxylic acids is 1. The zero-order valence-corrected chi connectivity index (χ0v) is 23.8. The molecule has 2 atom stereocenters. The first kappa shape index (κ1) is 27.8. The third-order valence-electron chi connectivity index (χ3n) is 7.54. The van der Waals surface area contributed by atoms with Gasteiger partial charge in [-0.15, -0.1) is 0 Å². The van der Waals surface area contributed by atoms with E-state index < -0.39 is 0 Å². The van der Waals surface area contributed by atoms with Gasteiger partial charge in [0.15, 0.2) is 0 Å². The molecular weight excluding hydrogens is 518 g/mol. The summed E-state index contributed by atoms with van der Waals surface area (Å²) in [5.74, 6) is 2.11. The van der Waals surface area contributed by atoms with Gasteiger partial charge in [-0.3, -0.25) is 9.78 Å². The zero-order chi connectivity index (χ0) is 27.9. The zero-order valence-electron chi connectivity index (χ0n) is 23.0. The van der Waals surface area contributed by atoms with Gasteiger partial charge in [-0.25, -0.2) is 0 Å². The molecule has 2 heterocycles. The first-order valence-electron chi connectivity index (χ1n) is 14.0. The van der Waals surface area contributed by atoms with E-state index in [9.17, 15) is 9.90 Å². The summed E-state index contributed by atoms with van der Waals surface area (Å²) in [6, 6.07) is 15.6. The molecule has 0 saturated carbocycles. The van der Waals surface area contributed by atoms with Crippen LogP contribution in [0, 0.1) is 11.8 Å². The molecule has 1 saturated heterocycles. The number of hydrogen-bond donors (Lipinski definition) is 2. The number of nitrogens with zero attached hydrogens (tertiary/aromatic N) is 2. The van der Waals surface area contributed by atoms with E-state index in [1.54, 1.807) is 31.0 Å². The van der Waals surface area contributed by atoms with Crippen molar-refractivity contribution in [1.82, 2.24) is 14.6 Å². The van der Waals surface area contributed by atoms with Gasteiger partial charge in [-0.2, -0.15) is 0 Å². The lowest BCUT2D eigenvalue weighted by molar-refractivity contribution is -0.133. The second-order valence-electron chi connectivity index (χ2n) is 10.7. The van der Waals surface area contributed by atoms with Crippen LogP contribution in [0.3, 0.4) is 0 Å². The Kier molecular flexibility index (Phi) is 9.12. The summed E-state index contributed by atoms with van der Waals surface area (Å²) in [6.45, 7) is 7.19. The minimum absolute atomic E-state index is 0.106. The molecule has 1 aromatic heterocycles. The van der Waals surface area contributed by atoms with E-state index >= 15 is 0 Å². The molecule has 2 aromatic carbocycles. The Labute approximate surface area is 241 Å². The molecule has 0 spiro atoms. The predicted octanol–water partition coefficient (Wildman–Crippen LogP) is 7.17. The number of allylic oxidation sites excluding steroid dienone is 3. The fourth-order valence-corrected chi connectivity index (χ4v) is 6.27. The lowest BCUT2D eigenvalue weighted by Gasteiger charge is -2.26. The van der Waals surface area contributed by atoms with E-state index in [4.69, 9.17) is 4.74 Å². The molecule has 2 unspecified atom stereocenters. The number of aromatic hydroxyl groups is 1. The number of phenolic OH excluding ortho intramolecular Hbond substituents is 1. The second-order valence-corrected chi connectivity index (χ2v) is 11.5. The smallest absolute Gasteiger partial charge is 0.229 e. The average Bonchev–Trinajstić information content (AvgIpc) is 3.20. The van der Waals surface area contributed by atoms with Gasteiger partial charge in [0.25, 0.3) is 0 Å². The number of rotatable bonds is 9. The van der Waals surface area contributed by atoms with Crippen molar-refractivity contribution in [2.75, 3.05) is 13.1 Å². The number of nitrogens with one attached hydrogen (secondary N) is 1. The largest absolute Gasteiger partial charge is 0.508 e. The molecule has 7 heteroatoms. The molecule has 0 radical (unpaired) electrons. The van der Waals surface area contributed by atoms with Crippen LogP contribution >= 0.6 is 11.9 Å². The number of amides is 1. The van der Waals surface area contributed by atoms with Crippen molar-refractivity contribution >= 4 is 28.8 Å². The van der Waals surface area contributed by atoms with Crippen LogP contribution in [0.4, 0.5) is 0 Å². The van der Waals surface area contributed by atoms with Crippen LogP contribution < -0.4 is 9.46 Å². The van der Waals surface area contributed by atoms with E-state index in [1.807, 2.05) is 36.5 Å². The van der Waals surface area contributed by atoms with E-state index in [-0.39, 0.29) is 17.6 Å². The lowest BCUT2D eigenvalue weighted by Crippen LogP contribution is -2.36. The van der Waals surface area contributed by atoms with E-state index in [2.05, 4.69) is 45.5 Å². The van der Waals surface area contributed by atoms with Gasteiger partial charge in [-0.1, -0.05) is 36.9 Å². The van der Waals surface area contributed by atoms with Crippen LogP contribution in [0.15, 0.2) is 95.9 Å². The molecule has 1 fully saturated rings. The lowest BCUT2D eigenvalue weighted by atomic mass is 9.93.